The number of nitrogens with two attached hydrogens (primary N) is 1. The maximum atomic E-state index is 10.2. The summed E-state index contributed by atoms with van der Waals surface area (Å²) in [6.45, 7) is 4.96. The first-order chi connectivity index (χ1) is 19.3. The summed E-state index contributed by atoms with van der Waals surface area (Å²) in [5, 5.41) is 15.8. The van der Waals surface area contributed by atoms with Crippen LogP contribution < -0.4 is 16.7 Å². The summed E-state index contributed by atoms with van der Waals surface area (Å²) >= 11 is 0.164. The Morgan fingerprint density at radius 2 is 1.10 bits per heavy atom. The monoisotopic (exact) mass is 585 g/mol. The molecule has 0 aliphatic rings. The van der Waals surface area contributed by atoms with Gasteiger partial charge in [0.15, 0.2) is 0 Å². The summed E-state index contributed by atoms with van der Waals surface area (Å²) < 4.78 is 8.26. The van der Waals surface area contributed by atoms with Gasteiger partial charge in [0.2, 0.25) is 0 Å². The predicted octanol–water partition coefficient (Wildman–Crippen LogP) is 7.56. The quantitative estimate of drug-likeness (QED) is 0.0297. The van der Waals surface area contributed by atoms with Gasteiger partial charge in [-0.15, -0.1) is 0 Å². The summed E-state index contributed by atoms with van der Waals surface area (Å²) in [4.78, 5) is 23.1. The van der Waals surface area contributed by atoms with Gasteiger partial charge < -0.3 is 15.2 Å². The highest BCUT2D eigenvalue weighted by Gasteiger charge is 1.99. The second-order valence-corrected chi connectivity index (χ2v) is 10.1. The van der Waals surface area contributed by atoms with E-state index in [9.17, 15) is 4.79 Å². The lowest BCUT2D eigenvalue weighted by molar-refractivity contribution is -0.728. The van der Waals surface area contributed by atoms with Gasteiger partial charge in [-0.3, -0.25) is 0 Å². The van der Waals surface area contributed by atoms with Gasteiger partial charge in [0, 0.05) is 0 Å². The average molecular weight is 586 g/mol. The highest BCUT2D eigenvalue weighted by atomic mass is 32.2. The molecule has 0 aliphatic carbocycles. The van der Waals surface area contributed by atoms with E-state index in [1.54, 1.807) is 5.64 Å². The van der Waals surface area contributed by atoms with Crippen LogP contribution in [0.3, 0.4) is 0 Å². The zero-order valence-electron chi connectivity index (χ0n) is 24.1. The molecule has 0 spiro atoms. The zero-order chi connectivity index (χ0) is 28.3. The molecular weight excluding hydrogens is 530 g/mol. The maximum Gasteiger partial charge on any atom is 0.418 e. The molecule has 0 bridgehead atoms. The fraction of sp³-hybridized carbons (Fsp3) is 0.962. The van der Waals surface area contributed by atoms with Crippen molar-refractivity contribution in [1.29, 1.82) is 0 Å². The van der Waals surface area contributed by atoms with Crippen LogP contribution in [0.25, 0.3) is 0 Å². The number of carbonyl (C=O) groups excluding carboxylic acids is 1. The lowest BCUT2D eigenvalue weighted by Gasteiger charge is -2.05. The Labute approximate surface area is 239 Å². The van der Waals surface area contributed by atoms with Crippen molar-refractivity contribution < 1.29 is 43.3 Å². The molecule has 4 N–H and O–H groups in total. The molecule has 0 fully saturated rings. The van der Waals surface area contributed by atoms with Crippen molar-refractivity contribution in [3.05, 3.63) is 0 Å². The molecule has 13 heteroatoms. The number of amides is 1. The standard InChI is InChI=1S/C26H55N3O9S/c1-2-23-28-24-21-19-17-15-13-11-9-7-5-3-4-6-8-10-12-14-16-18-20-22-25-31-35-37-36-33-29-34-38-39-32-26(27)30/h28-29H,2-25H2,1H3,(H2,27,30). The minimum absolute atomic E-state index is 0.164. The van der Waals surface area contributed by atoms with Crippen molar-refractivity contribution in [3.63, 3.8) is 0 Å². The highest BCUT2D eigenvalue weighted by molar-refractivity contribution is 7.90. The zero-order valence-corrected chi connectivity index (χ0v) is 24.9. The summed E-state index contributed by atoms with van der Waals surface area (Å²) in [7, 11) is 0. The number of hydrogen-bond acceptors (Lipinski definition) is 12. The van der Waals surface area contributed by atoms with E-state index in [0.717, 1.165) is 12.8 Å². The van der Waals surface area contributed by atoms with E-state index in [2.05, 4.69) is 51.6 Å². The van der Waals surface area contributed by atoms with Crippen LogP contribution in [0.2, 0.25) is 0 Å². The Morgan fingerprint density at radius 1 is 0.615 bits per heavy atom. The van der Waals surface area contributed by atoms with E-state index in [1.165, 1.54) is 135 Å². The van der Waals surface area contributed by atoms with Gasteiger partial charge in [-0.05, 0) is 53.1 Å². The number of carbonyl (C=O) groups is 1. The molecule has 234 valence electrons. The first kappa shape index (κ1) is 38.3. The van der Waals surface area contributed by atoms with Gasteiger partial charge in [0.05, 0.1) is 6.61 Å². The normalized spacial score (nSPS) is 11.3. The molecule has 0 saturated heterocycles. The fourth-order valence-electron chi connectivity index (χ4n) is 4.08. The minimum atomic E-state index is -1.05. The summed E-state index contributed by atoms with van der Waals surface area (Å²) in [5.74, 6) is 0. The molecule has 0 aromatic carbocycles. The molecule has 0 rings (SSSR count). The smallest absolute Gasteiger partial charge is 0.345 e. The average Bonchev–Trinajstić information content (AvgIpc) is 2.93. The van der Waals surface area contributed by atoms with Crippen LogP contribution in [0.1, 0.15) is 142 Å². The fourth-order valence-corrected chi connectivity index (χ4v) is 4.23. The van der Waals surface area contributed by atoms with E-state index in [0.29, 0.717) is 6.61 Å². The summed E-state index contributed by atoms with van der Waals surface area (Å²) in [6, 6.07) is 0. The SMILES string of the molecule is CCCNCCCCCCCCCCCCCCCCCCCCCCOOOOONOOSOC(N)=O. The molecule has 0 atom stereocenters. The Kier molecular flexibility index (Phi) is 34.6. The van der Waals surface area contributed by atoms with E-state index in [1.807, 2.05) is 0 Å². The number of nitrogens with one attached hydrogen (secondary N) is 2. The molecule has 0 unspecified atom stereocenters. The Hall–Kier alpha value is -0.740. The largest absolute Gasteiger partial charge is 0.418 e. The van der Waals surface area contributed by atoms with Crippen LogP contribution in [0.4, 0.5) is 4.79 Å². The number of primary amides is 1. The van der Waals surface area contributed by atoms with Crippen LogP contribution in [-0.4, -0.2) is 25.8 Å². The molecule has 0 aromatic heterocycles. The van der Waals surface area contributed by atoms with E-state index < -0.39 is 6.09 Å². The first-order valence-electron chi connectivity index (χ1n) is 15.0. The van der Waals surface area contributed by atoms with Crippen molar-refractivity contribution in [1.82, 2.24) is 11.0 Å². The van der Waals surface area contributed by atoms with Crippen LogP contribution >= 0.6 is 12.3 Å². The lowest BCUT2D eigenvalue weighted by Crippen LogP contribution is -2.16. The third kappa shape index (κ3) is 37.3. The van der Waals surface area contributed by atoms with E-state index in [4.69, 9.17) is 4.89 Å². The third-order valence-corrected chi connectivity index (χ3v) is 6.50. The van der Waals surface area contributed by atoms with Crippen LogP contribution in [-0.2, 0) is 38.5 Å². The van der Waals surface area contributed by atoms with Gasteiger partial charge in [0.1, 0.15) is 0 Å². The molecule has 0 aliphatic heterocycles. The third-order valence-electron chi connectivity index (χ3n) is 6.14. The van der Waals surface area contributed by atoms with Crippen LogP contribution in [0.15, 0.2) is 0 Å². The van der Waals surface area contributed by atoms with Crippen molar-refractivity contribution in [3.8, 4) is 0 Å². The maximum absolute atomic E-state index is 10.2. The highest BCUT2D eigenvalue weighted by Crippen LogP contribution is 2.15. The lowest BCUT2D eigenvalue weighted by atomic mass is 10.0. The van der Waals surface area contributed by atoms with Gasteiger partial charge in [-0.2, -0.15) is 0 Å². The molecule has 0 aromatic rings. The van der Waals surface area contributed by atoms with Gasteiger partial charge >= 0.3 is 6.09 Å². The summed E-state index contributed by atoms with van der Waals surface area (Å²) in [6.07, 6.45) is 26.8. The Morgan fingerprint density at radius 3 is 1.59 bits per heavy atom. The molecule has 0 saturated carbocycles. The second-order valence-electron chi connectivity index (χ2n) is 9.64. The van der Waals surface area contributed by atoms with Gasteiger partial charge in [-0.25, -0.2) is 9.68 Å². The number of rotatable bonds is 34. The van der Waals surface area contributed by atoms with Crippen molar-refractivity contribution in [2.75, 3.05) is 19.7 Å². The molecule has 39 heavy (non-hydrogen) atoms. The Bertz CT molecular complexity index is 486. The topological polar surface area (TPSA) is 141 Å². The van der Waals surface area contributed by atoms with Crippen molar-refractivity contribution >= 4 is 18.4 Å². The number of hydrogen-bond donors (Lipinski definition) is 3. The van der Waals surface area contributed by atoms with Gasteiger partial charge in [0.25, 0.3) is 12.3 Å². The molecule has 12 nitrogen and oxygen atoms in total. The molecule has 1 amide bonds. The summed E-state index contributed by atoms with van der Waals surface area (Å²) in [5.41, 5.74) is 6.34. The second kappa shape index (κ2) is 35.3. The van der Waals surface area contributed by atoms with Crippen LogP contribution in [0.5, 0.6) is 0 Å². The molecule has 0 radical (unpaired) electrons. The minimum Gasteiger partial charge on any atom is -0.345 e. The molecule has 0 heterocycles. The number of unbranched alkanes of at least 4 members (excludes halogenated alkanes) is 19. The van der Waals surface area contributed by atoms with Crippen molar-refractivity contribution in [2.24, 2.45) is 5.73 Å². The predicted molar refractivity (Wildman–Crippen MR) is 149 cm³/mol. The Balaban J connectivity index is 3.02. The van der Waals surface area contributed by atoms with Crippen LogP contribution in [0, 0.1) is 0 Å². The van der Waals surface area contributed by atoms with E-state index >= 15 is 0 Å². The molecular formula is C26H55N3O9S. The first-order valence-corrected chi connectivity index (χ1v) is 15.6. The van der Waals surface area contributed by atoms with Crippen molar-refractivity contribution in [2.45, 2.75) is 142 Å². The van der Waals surface area contributed by atoms with E-state index in [-0.39, 0.29) is 12.3 Å². The van der Waals surface area contributed by atoms with Gasteiger partial charge in [-0.1, -0.05) is 137 Å².